The number of nitrogens with zero attached hydrogens (tertiary/aromatic N) is 3. The molecule has 0 spiro atoms. The summed E-state index contributed by atoms with van der Waals surface area (Å²) in [6, 6.07) is 12.7. The second-order valence-electron chi connectivity index (χ2n) is 6.69. The van der Waals surface area contributed by atoms with Gasteiger partial charge in [-0.25, -0.2) is 0 Å². The molecule has 3 rings (SSSR count). The predicted octanol–water partition coefficient (Wildman–Crippen LogP) is 4.79. The number of nitrogens with one attached hydrogen (secondary N) is 1. The third kappa shape index (κ3) is 5.96. The van der Waals surface area contributed by atoms with Crippen molar-refractivity contribution in [3.05, 3.63) is 79.5 Å². The van der Waals surface area contributed by atoms with E-state index in [1.54, 1.807) is 31.2 Å². The first-order chi connectivity index (χ1) is 15.8. The number of nitro groups is 1. The van der Waals surface area contributed by atoms with Gasteiger partial charge in [-0.3, -0.25) is 14.9 Å². The van der Waals surface area contributed by atoms with Crippen molar-refractivity contribution < 1.29 is 23.7 Å². The van der Waals surface area contributed by atoms with Gasteiger partial charge >= 0.3 is 0 Å². The fourth-order valence-corrected chi connectivity index (χ4v) is 3.33. The number of amides is 1. The van der Waals surface area contributed by atoms with Crippen molar-refractivity contribution >= 4 is 39.4 Å². The van der Waals surface area contributed by atoms with Crippen molar-refractivity contribution in [2.45, 2.75) is 13.5 Å². The zero-order chi connectivity index (χ0) is 24.0. The van der Waals surface area contributed by atoms with Crippen molar-refractivity contribution in [1.29, 1.82) is 5.26 Å². The van der Waals surface area contributed by atoms with E-state index in [0.717, 1.165) is 5.56 Å². The number of nitro benzene ring substituents is 1. The number of non-ortho nitro benzene ring substituents is 1. The van der Waals surface area contributed by atoms with Crippen LogP contribution in [0.3, 0.4) is 0 Å². The first-order valence-electron chi connectivity index (χ1n) is 9.41. The molecule has 0 bridgehead atoms. The highest BCUT2D eigenvalue weighted by atomic mass is 79.9. The highest BCUT2D eigenvalue weighted by Gasteiger charge is 2.15. The van der Waals surface area contributed by atoms with Crippen molar-refractivity contribution in [2.75, 3.05) is 12.4 Å². The van der Waals surface area contributed by atoms with E-state index in [-0.39, 0.29) is 23.7 Å². The van der Waals surface area contributed by atoms with Gasteiger partial charge in [0.15, 0.2) is 17.3 Å². The summed E-state index contributed by atoms with van der Waals surface area (Å²) in [6.07, 6.45) is 1.40. The topological polar surface area (TPSA) is 141 Å². The summed E-state index contributed by atoms with van der Waals surface area (Å²) in [7, 11) is 1.46. The molecule has 0 radical (unpaired) electrons. The minimum atomic E-state index is -0.639. The van der Waals surface area contributed by atoms with Gasteiger partial charge in [0.25, 0.3) is 11.6 Å². The van der Waals surface area contributed by atoms with Crippen LogP contribution in [0.4, 0.5) is 11.5 Å². The van der Waals surface area contributed by atoms with E-state index in [4.69, 9.17) is 14.0 Å². The maximum Gasteiger partial charge on any atom is 0.269 e. The van der Waals surface area contributed by atoms with Crippen LogP contribution in [0.5, 0.6) is 11.5 Å². The molecule has 1 aromatic heterocycles. The molecule has 3 aromatic rings. The summed E-state index contributed by atoms with van der Waals surface area (Å²) in [6.45, 7) is 1.82. The van der Waals surface area contributed by atoms with Crippen LogP contribution in [0.1, 0.15) is 16.9 Å². The largest absolute Gasteiger partial charge is 0.493 e. The lowest BCUT2D eigenvalue weighted by atomic mass is 10.1. The summed E-state index contributed by atoms with van der Waals surface area (Å²) in [5.41, 5.74) is 1.09. The van der Waals surface area contributed by atoms with Gasteiger partial charge in [0.05, 0.1) is 16.5 Å². The molecule has 1 N–H and O–H groups in total. The van der Waals surface area contributed by atoms with E-state index in [0.29, 0.717) is 27.3 Å². The number of halogens is 1. The maximum absolute atomic E-state index is 12.4. The van der Waals surface area contributed by atoms with Crippen LogP contribution in [-0.4, -0.2) is 23.1 Å². The number of ether oxygens (including phenoxy) is 2. The Hall–Kier alpha value is -4.17. The molecule has 168 valence electrons. The minimum Gasteiger partial charge on any atom is -0.493 e. The molecule has 0 unspecified atom stereocenters. The van der Waals surface area contributed by atoms with Gasteiger partial charge < -0.3 is 19.3 Å². The van der Waals surface area contributed by atoms with Crippen molar-refractivity contribution in [3.63, 3.8) is 0 Å². The first-order valence-corrected chi connectivity index (χ1v) is 10.2. The molecule has 0 aliphatic rings. The van der Waals surface area contributed by atoms with Gasteiger partial charge in [0, 0.05) is 18.2 Å². The fourth-order valence-electron chi connectivity index (χ4n) is 2.76. The van der Waals surface area contributed by atoms with Gasteiger partial charge in [-0.1, -0.05) is 5.16 Å². The molecule has 0 atom stereocenters. The fraction of sp³-hybridized carbons (Fsp3) is 0.136. The van der Waals surface area contributed by atoms with Crippen molar-refractivity contribution in [2.24, 2.45) is 0 Å². The number of methoxy groups -OCH3 is 1. The molecular formula is C22H17BrN4O6. The minimum absolute atomic E-state index is 0.00956. The number of carbonyl (C=O) groups excluding carboxylic acids is 1. The number of nitriles is 1. The van der Waals surface area contributed by atoms with Gasteiger partial charge in [-0.2, -0.15) is 5.26 Å². The summed E-state index contributed by atoms with van der Waals surface area (Å²) >= 11 is 3.42. The second kappa shape index (κ2) is 10.4. The lowest BCUT2D eigenvalue weighted by molar-refractivity contribution is -0.384. The zero-order valence-corrected chi connectivity index (χ0v) is 19.1. The molecule has 0 aliphatic heterocycles. The second-order valence-corrected chi connectivity index (χ2v) is 7.55. The number of benzene rings is 2. The molecule has 33 heavy (non-hydrogen) atoms. The summed E-state index contributed by atoms with van der Waals surface area (Å²) < 4.78 is 16.7. The normalized spacial score (nSPS) is 10.9. The average molecular weight is 513 g/mol. The van der Waals surface area contributed by atoms with Crippen LogP contribution < -0.4 is 14.8 Å². The molecule has 10 nitrogen and oxygen atoms in total. The Morgan fingerprint density at radius 3 is 2.64 bits per heavy atom. The molecule has 0 fully saturated rings. The third-order valence-corrected chi connectivity index (χ3v) is 4.92. The Balaban J connectivity index is 1.79. The highest BCUT2D eigenvalue weighted by Crippen LogP contribution is 2.38. The van der Waals surface area contributed by atoms with Crippen LogP contribution in [0.15, 0.2) is 57.0 Å². The molecule has 11 heteroatoms. The Morgan fingerprint density at radius 2 is 2.06 bits per heavy atom. The Morgan fingerprint density at radius 1 is 1.33 bits per heavy atom. The molecule has 2 aromatic carbocycles. The molecule has 1 amide bonds. The van der Waals surface area contributed by atoms with E-state index >= 15 is 0 Å². The number of aryl methyl sites for hydroxylation is 1. The molecule has 1 heterocycles. The van der Waals surface area contributed by atoms with Gasteiger partial charge in [-0.05, 0) is 64.3 Å². The zero-order valence-electron chi connectivity index (χ0n) is 17.5. The standard InChI is InChI=1S/C22H17BrN4O6/c1-13-7-20(26-33-13)25-22(28)16(11-24)8-15-9-18(23)21(19(10-15)31-2)32-12-14-3-5-17(6-4-14)27(29)30/h3-10H,12H2,1-2H3,(H,25,26,28). The monoisotopic (exact) mass is 512 g/mol. The summed E-state index contributed by atoms with van der Waals surface area (Å²) in [5, 5.41) is 26.4. The van der Waals surface area contributed by atoms with E-state index in [1.165, 1.54) is 31.4 Å². The van der Waals surface area contributed by atoms with Gasteiger partial charge in [0.1, 0.15) is 24.0 Å². The van der Waals surface area contributed by atoms with Crippen LogP contribution in [0, 0.1) is 28.4 Å². The van der Waals surface area contributed by atoms with Crippen molar-refractivity contribution in [1.82, 2.24) is 5.16 Å². The number of hydrogen-bond donors (Lipinski definition) is 1. The highest BCUT2D eigenvalue weighted by molar-refractivity contribution is 9.10. The van der Waals surface area contributed by atoms with E-state index in [9.17, 15) is 20.2 Å². The smallest absolute Gasteiger partial charge is 0.269 e. The number of hydrogen-bond acceptors (Lipinski definition) is 8. The first kappa shape index (κ1) is 23.5. The van der Waals surface area contributed by atoms with Crippen LogP contribution in [0.2, 0.25) is 0 Å². The van der Waals surface area contributed by atoms with E-state index in [2.05, 4.69) is 26.4 Å². The quantitative estimate of drug-likeness (QED) is 0.196. The SMILES string of the molecule is COc1cc(C=C(C#N)C(=O)Nc2cc(C)on2)cc(Br)c1OCc1ccc([N+](=O)[O-])cc1. The average Bonchev–Trinajstić information content (AvgIpc) is 3.20. The Bertz CT molecular complexity index is 1260. The van der Waals surface area contributed by atoms with Crippen LogP contribution in [-0.2, 0) is 11.4 Å². The Kier molecular flexibility index (Phi) is 7.42. The van der Waals surface area contributed by atoms with Gasteiger partial charge in [0.2, 0.25) is 0 Å². The third-order valence-electron chi connectivity index (χ3n) is 4.33. The summed E-state index contributed by atoms with van der Waals surface area (Å²) in [4.78, 5) is 22.7. The number of rotatable bonds is 8. The van der Waals surface area contributed by atoms with E-state index in [1.807, 2.05) is 6.07 Å². The summed E-state index contributed by atoms with van der Waals surface area (Å²) in [5.74, 6) is 0.842. The number of carbonyl (C=O) groups is 1. The molecule has 0 saturated heterocycles. The predicted molar refractivity (Wildman–Crippen MR) is 122 cm³/mol. The lowest BCUT2D eigenvalue weighted by Gasteiger charge is -2.14. The Labute approximate surface area is 196 Å². The number of aromatic nitrogens is 1. The molecule has 0 saturated carbocycles. The van der Waals surface area contributed by atoms with Crippen LogP contribution >= 0.6 is 15.9 Å². The molecule has 0 aliphatic carbocycles. The van der Waals surface area contributed by atoms with Crippen LogP contribution in [0.25, 0.3) is 6.08 Å². The lowest BCUT2D eigenvalue weighted by Crippen LogP contribution is -2.13. The van der Waals surface area contributed by atoms with Crippen molar-refractivity contribution in [3.8, 4) is 17.6 Å². The maximum atomic E-state index is 12.4. The van der Waals surface area contributed by atoms with E-state index < -0.39 is 10.8 Å². The number of anilines is 1. The molecular weight excluding hydrogens is 496 g/mol. The van der Waals surface area contributed by atoms with Gasteiger partial charge in [-0.15, -0.1) is 0 Å².